The van der Waals surface area contributed by atoms with Crippen molar-refractivity contribution in [2.75, 3.05) is 0 Å². The van der Waals surface area contributed by atoms with Crippen LogP contribution in [0.25, 0.3) is 0 Å². The van der Waals surface area contributed by atoms with Crippen LogP contribution in [0.4, 0.5) is 8.78 Å². The van der Waals surface area contributed by atoms with E-state index in [4.69, 9.17) is 5.11 Å². The summed E-state index contributed by atoms with van der Waals surface area (Å²) in [7, 11) is 0. The number of carbonyl (C=O) groups is 2. The number of Topliss-reactive ketones (excluding diaryl/α,β-unsaturated/α-hetero) is 1. The van der Waals surface area contributed by atoms with E-state index < -0.39 is 35.2 Å². The maximum Gasteiger partial charge on any atom is 0.307 e. The number of ketones is 1. The number of carboxylic acid groups (broad SMARTS) is 1. The summed E-state index contributed by atoms with van der Waals surface area (Å²) in [5, 5.41) is 9.14. The van der Waals surface area contributed by atoms with Gasteiger partial charge in [0.25, 0.3) is 0 Å². The summed E-state index contributed by atoms with van der Waals surface area (Å²) in [6.07, 6.45) is 0.763. The molecule has 108 valence electrons. The second-order valence-corrected chi connectivity index (χ2v) is 6.09. The topological polar surface area (TPSA) is 54.4 Å². The lowest BCUT2D eigenvalue weighted by molar-refractivity contribution is -0.142. The number of carboxylic acids is 1. The van der Waals surface area contributed by atoms with E-state index in [9.17, 15) is 18.4 Å². The van der Waals surface area contributed by atoms with Crippen molar-refractivity contribution in [2.24, 2.45) is 17.8 Å². The molecule has 3 atom stereocenters. The molecule has 3 nitrogen and oxygen atoms in total. The Morgan fingerprint density at radius 1 is 1.20 bits per heavy atom. The Labute approximate surface area is 123 Å². The van der Waals surface area contributed by atoms with Crippen molar-refractivity contribution in [1.82, 2.24) is 0 Å². The summed E-state index contributed by atoms with van der Waals surface area (Å²) in [5.41, 5.74) is -0.379. The minimum atomic E-state index is -1.06. The summed E-state index contributed by atoms with van der Waals surface area (Å²) < 4.78 is 27.2. The average Bonchev–Trinajstić information content (AvgIpc) is 2.75. The van der Waals surface area contributed by atoms with Gasteiger partial charge < -0.3 is 5.11 Å². The number of rotatable bonds is 3. The van der Waals surface area contributed by atoms with E-state index in [0.717, 1.165) is 12.1 Å². The highest BCUT2D eigenvalue weighted by Crippen LogP contribution is 2.39. The third kappa shape index (κ3) is 2.75. The highest BCUT2D eigenvalue weighted by atomic mass is 79.9. The summed E-state index contributed by atoms with van der Waals surface area (Å²) in [4.78, 5) is 23.5. The fraction of sp³-hybridized carbons (Fsp3) is 0.429. The molecule has 1 saturated carbocycles. The van der Waals surface area contributed by atoms with Gasteiger partial charge in [-0.25, -0.2) is 8.78 Å². The second-order valence-electron chi connectivity index (χ2n) is 5.24. The molecule has 0 spiro atoms. The van der Waals surface area contributed by atoms with Crippen molar-refractivity contribution in [1.29, 1.82) is 0 Å². The van der Waals surface area contributed by atoms with E-state index in [0.29, 0.717) is 12.8 Å². The largest absolute Gasteiger partial charge is 0.481 e. The molecule has 0 aromatic heterocycles. The van der Waals surface area contributed by atoms with Gasteiger partial charge in [0, 0.05) is 5.92 Å². The quantitative estimate of drug-likeness (QED) is 0.671. The van der Waals surface area contributed by atoms with Crippen LogP contribution < -0.4 is 0 Å². The van der Waals surface area contributed by atoms with E-state index in [1.165, 1.54) is 0 Å². The number of hydrogen-bond acceptors (Lipinski definition) is 2. The molecule has 1 aliphatic rings. The van der Waals surface area contributed by atoms with Crippen molar-refractivity contribution >= 4 is 27.7 Å². The molecule has 6 heteroatoms. The highest BCUT2D eigenvalue weighted by molar-refractivity contribution is 9.10. The normalized spacial score (nSPS) is 25.7. The minimum absolute atomic E-state index is 0.0684. The van der Waals surface area contributed by atoms with Crippen LogP contribution >= 0.6 is 15.9 Å². The first-order valence-corrected chi connectivity index (χ1v) is 7.02. The van der Waals surface area contributed by atoms with Crippen molar-refractivity contribution < 1.29 is 23.5 Å². The average molecular weight is 347 g/mol. The maximum atomic E-state index is 13.8. The van der Waals surface area contributed by atoms with Gasteiger partial charge in [0.05, 0.1) is 16.0 Å². The lowest BCUT2D eigenvalue weighted by Gasteiger charge is -2.15. The Morgan fingerprint density at radius 2 is 1.80 bits per heavy atom. The predicted octanol–water partition coefficient (Wildman–Crippen LogP) is 3.66. The van der Waals surface area contributed by atoms with Crippen LogP contribution in [-0.4, -0.2) is 16.9 Å². The maximum absolute atomic E-state index is 13.8. The zero-order valence-corrected chi connectivity index (χ0v) is 12.3. The van der Waals surface area contributed by atoms with Gasteiger partial charge in [0.2, 0.25) is 0 Å². The molecule has 0 radical (unpaired) electrons. The molecule has 1 aromatic rings. The fourth-order valence-electron chi connectivity index (χ4n) is 2.77. The summed E-state index contributed by atoms with van der Waals surface area (Å²) in [6, 6.07) is 1.71. The first kappa shape index (κ1) is 15.1. The molecule has 1 N–H and O–H groups in total. The van der Waals surface area contributed by atoms with Crippen molar-refractivity contribution in [2.45, 2.75) is 19.8 Å². The smallest absolute Gasteiger partial charge is 0.307 e. The van der Waals surface area contributed by atoms with Gasteiger partial charge in [-0.3, -0.25) is 9.59 Å². The van der Waals surface area contributed by atoms with Gasteiger partial charge in [0.1, 0.15) is 11.6 Å². The van der Waals surface area contributed by atoms with Gasteiger partial charge in [-0.15, -0.1) is 0 Å². The molecule has 0 aliphatic heterocycles. The number of carbonyl (C=O) groups excluding carboxylic acids is 1. The van der Waals surface area contributed by atoms with Gasteiger partial charge in [0.15, 0.2) is 5.78 Å². The Hall–Kier alpha value is -1.30. The zero-order valence-electron chi connectivity index (χ0n) is 10.7. The Kier molecular flexibility index (Phi) is 4.22. The van der Waals surface area contributed by atoms with Gasteiger partial charge in [-0.1, -0.05) is 6.92 Å². The molecule has 20 heavy (non-hydrogen) atoms. The molecule has 3 unspecified atom stereocenters. The van der Waals surface area contributed by atoms with Gasteiger partial charge >= 0.3 is 5.97 Å². The lowest BCUT2D eigenvalue weighted by Crippen LogP contribution is -2.26. The summed E-state index contributed by atoms with van der Waals surface area (Å²) in [6.45, 7) is 1.85. The van der Waals surface area contributed by atoms with Crippen molar-refractivity contribution in [3.63, 3.8) is 0 Å². The molecular formula is C14H13BrF2O3. The molecule has 1 aliphatic carbocycles. The molecule has 0 saturated heterocycles. The molecular weight excluding hydrogens is 334 g/mol. The highest BCUT2D eigenvalue weighted by Gasteiger charge is 2.42. The lowest BCUT2D eigenvalue weighted by atomic mass is 9.88. The fourth-order valence-corrected chi connectivity index (χ4v) is 3.08. The Morgan fingerprint density at radius 3 is 2.40 bits per heavy atom. The molecule has 0 bridgehead atoms. The van der Waals surface area contributed by atoms with Crippen LogP contribution in [0.5, 0.6) is 0 Å². The van der Waals surface area contributed by atoms with Crippen LogP contribution in [0.15, 0.2) is 16.6 Å². The van der Waals surface area contributed by atoms with Crippen LogP contribution in [0, 0.1) is 29.4 Å². The van der Waals surface area contributed by atoms with E-state index in [1.807, 2.05) is 6.92 Å². The standard InChI is InChI=1S/C14H13BrF2O3/c1-6-2-7(8(3-6)14(19)20)13(18)9-4-12(17)10(15)5-11(9)16/h4-8H,2-3H2,1H3,(H,19,20). The first-order chi connectivity index (χ1) is 9.31. The number of aliphatic carboxylic acids is 1. The molecule has 0 heterocycles. The van der Waals surface area contributed by atoms with E-state index in [-0.39, 0.29) is 16.0 Å². The van der Waals surface area contributed by atoms with Crippen molar-refractivity contribution in [3.8, 4) is 0 Å². The van der Waals surface area contributed by atoms with E-state index >= 15 is 0 Å². The van der Waals surface area contributed by atoms with Crippen LogP contribution in [0.1, 0.15) is 30.1 Å². The van der Waals surface area contributed by atoms with Crippen LogP contribution in [0.3, 0.4) is 0 Å². The molecule has 2 rings (SSSR count). The second kappa shape index (κ2) is 5.60. The van der Waals surface area contributed by atoms with Gasteiger partial charge in [-0.2, -0.15) is 0 Å². The molecule has 0 amide bonds. The van der Waals surface area contributed by atoms with E-state index in [2.05, 4.69) is 15.9 Å². The van der Waals surface area contributed by atoms with Crippen LogP contribution in [0.2, 0.25) is 0 Å². The summed E-state index contributed by atoms with van der Waals surface area (Å²) >= 11 is 2.84. The zero-order chi connectivity index (χ0) is 15.0. The molecule has 1 aromatic carbocycles. The monoisotopic (exact) mass is 346 g/mol. The van der Waals surface area contributed by atoms with Gasteiger partial charge in [-0.05, 0) is 46.8 Å². The van der Waals surface area contributed by atoms with Crippen LogP contribution in [-0.2, 0) is 4.79 Å². The minimum Gasteiger partial charge on any atom is -0.481 e. The predicted molar refractivity (Wildman–Crippen MR) is 71.4 cm³/mol. The third-order valence-electron chi connectivity index (χ3n) is 3.73. The molecule has 1 fully saturated rings. The third-order valence-corrected chi connectivity index (χ3v) is 4.34. The number of hydrogen-bond donors (Lipinski definition) is 1. The first-order valence-electron chi connectivity index (χ1n) is 6.22. The SMILES string of the molecule is CC1CC(C(=O)O)C(C(=O)c2cc(F)c(Br)cc2F)C1. The summed E-state index contributed by atoms with van der Waals surface area (Å²) in [5.74, 6) is -4.83. The van der Waals surface area contributed by atoms with E-state index in [1.54, 1.807) is 0 Å². The number of benzene rings is 1. The number of halogens is 3. The Bertz CT molecular complexity index is 574. The van der Waals surface area contributed by atoms with Crippen molar-refractivity contribution in [3.05, 3.63) is 33.8 Å². The Balaban J connectivity index is 2.36.